The normalized spacial score (nSPS) is 16.8. The van der Waals surface area contributed by atoms with E-state index in [0.29, 0.717) is 12.1 Å². The summed E-state index contributed by atoms with van der Waals surface area (Å²) < 4.78 is 14.9. The highest BCUT2D eigenvalue weighted by molar-refractivity contribution is 5.97. The monoisotopic (exact) mass is 366 g/mol. The Hall–Kier alpha value is -3.09. The van der Waals surface area contributed by atoms with E-state index in [-0.39, 0.29) is 36.4 Å². The number of nitrogens with zero attached hydrogens (tertiary/aromatic N) is 4. The summed E-state index contributed by atoms with van der Waals surface area (Å²) in [6, 6.07) is 10.9. The van der Waals surface area contributed by atoms with E-state index in [0.717, 1.165) is 24.3 Å². The summed E-state index contributed by atoms with van der Waals surface area (Å²) >= 11 is 0. The van der Waals surface area contributed by atoms with E-state index >= 15 is 0 Å². The molecule has 0 N–H and O–H groups in total. The number of aromatic nitrogens is 3. The number of ketones is 1. The van der Waals surface area contributed by atoms with Crippen LogP contribution < -0.4 is 0 Å². The number of pyridine rings is 1. The van der Waals surface area contributed by atoms with E-state index < -0.39 is 0 Å². The topological polar surface area (TPSA) is 67.6 Å². The molecule has 7 heteroatoms. The summed E-state index contributed by atoms with van der Waals surface area (Å²) in [6.45, 7) is 0.649. The van der Waals surface area contributed by atoms with Crippen LogP contribution in [0.3, 0.4) is 0 Å². The van der Waals surface area contributed by atoms with Crippen molar-refractivity contribution in [2.75, 3.05) is 6.54 Å². The molecule has 1 aliphatic rings. The van der Waals surface area contributed by atoms with E-state index in [2.05, 4.69) is 10.2 Å². The summed E-state index contributed by atoms with van der Waals surface area (Å²) in [7, 11) is 0. The third-order valence-corrected chi connectivity index (χ3v) is 4.94. The van der Waals surface area contributed by atoms with Crippen molar-refractivity contribution in [3.8, 4) is 0 Å². The van der Waals surface area contributed by atoms with Crippen molar-refractivity contribution < 1.29 is 14.0 Å². The zero-order chi connectivity index (χ0) is 18.8. The Morgan fingerprint density at radius 2 is 1.89 bits per heavy atom. The van der Waals surface area contributed by atoms with Crippen molar-refractivity contribution in [3.05, 3.63) is 65.9 Å². The van der Waals surface area contributed by atoms with Crippen molar-refractivity contribution in [2.24, 2.45) is 0 Å². The molecule has 3 aromatic rings. The number of hydrogen-bond acceptors (Lipinski definition) is 4. The average molecular weight is 366 g/mol. The quantitative estimate of drug-likeness (QED) is 0.651. The van der Waals surface area contributed by atoms with Crippen LogP contribution in [0.5, 0.6) is 0 Å². The van der Waals surface area contributed by atoms with Gasteiger partial charge in [0.1, 0.15) is 5.82 Å². The molecule has 2 aromatic heterocycles. The Morgan fingerprint density at radius 3 is 2.70 bits per heavy atom. The van der Waals surface area contributed by atoms with Crippen LogP contribution in [0.1, 0.15) is 47.9 Å². The van der Waals surface area contributed by atoms with Gasteiger partial charge < -0.3 is 4.90 Å². The molecule has 138 valence electrons. The molecule has 27 heavy (non-hydrogen) atoms. The first-order valence-corrected chi connectivity index (χ1v) is 9.01. The third-order valence-electron chi connectivity index (χ3n) is 4.94. The van der Waals surface area contributed by atoms with Crippen molar-refractivity contribution in [1.29, 1.82) is 0 Å². The van der Waals surface area contributed by atoms with Crippen molar-refractivity contribution in [2.45, 2.75) is 31.7 Å². The molecule has 0 unspecified atom stereocenters. The SMILES string of the molecule is O=C(CCC(=O)N1CCC[C@@H]1c1nnc2ccccn12)c1ccc(F)cc1. The minimum atomic E-state index is -0.386. The fourth-order valence-electron chi connectivity index (χ4n) is 3.56. The molecule has 1 fully saturated rings. The number of benzene rings is 1. The fourth-order valence-corrected chi connectivity index (χ4v) is 3.56. The van der Waals surface area contributed by atoms with Crippen molar-refractivity contribution in [3.63, 3.8) is 0 Å². The molecule has 0 spiro atoms. The lowest BCUT2D eigenvalue weighted by molar-refractivity contribution is -0.132. The first-order valence-electron chi connectivity index (χ1n) is 9.01. The van der Waals surface area contributed by atoms with Crippen LogP contribution in [-0.4, -0.2) is 37.7 Å². The average Bonchev–Trinajstić information content (AvgIpc) is 3.33. The Bertz CT molecular complexity index is 983. The summed E-state index contributed by atoms with van der Waals surface area (Å²) in [4.78, 5) is 26.8. The Labute approximate surface area is 155 Å². The molecule has 3 heterocycles. The Morgan fingerprint density at radius 1 is 1.07 bits per heavy atom. The number of rotatable bonds is 5. The van der Waals surface area contributed by atoms with E-state index in [1.54, 1.807) is 4.90 Å². The van der Waals surface area contributed by atoms with Gasteiger partial charge in [0, 0.05) is 31.1 Å². The molecule has 6 nitrogen and oxygen atoms in total. The van der Waals surface area contributed by atoms with E-state index in [1.165, 1.54) is 24.3 Å². The third kappa shape index (κ3) is 3.45. The van der Waals surface area contributed by atoms with Crippen LogP contribution in [-0.2, 0) is 4.79 Å². The Kier molecular flexibility index (Phi) is 4.66. The summed E-state index contributed by atoms with van der Waals surface area (Å²) in [5.41, 5.74) is 1.17. The van der Waals surface area contributed by atoms with Gasteiger partial charge in [-0.15, -0.1) is 10.2 Å². The first-order chi connectivity index (χ1) is 13.1. The molecule has 0 bridgehead atoms. The van der Waals surface area contributed by atoms with Gasteiger partial charge in [-0.3, -0.25) is 14.0 Å². The highest BCUT2D eigenvalue weighted by Gasteiger charge is 2.33. The zero-order valence-corrected chi connectivity index (χ0v) is 14.7. The van der Waals surface area contributed by atoms with Crippen LogP contribution in [0, 0.1) is 5.82 Å². The van der Waals surface area contributed by atoms with Gasteiger partial charge in [0.15, 0.2) is 17.3 Å². The van der Waals surface area contributed by atoms with Gasteiger partial charge in [0.05, 0.1) is 6.04 Å². The van der Waals surface area contributed by atoms with Gasteiger partial charge in [-0.05, 0) is 49.2 Å². The van der Waals surface area contributed by atoms with Crippen LogP contribution in [0.25, 0.3) is 5.65 Å². The second kappa shape index (κ2) is 7.26. The summed E-state index contributed by atoms with van der Waals surface area (Å²) in [5, 5.41) is 8.45. The van der Waals surface area contributed by atoms with Crippen LogP contribution in [0.15, 0.2) is 48.7 Å². The summed E-state index contributed by atoms with van der Waals surface area (Å²) in [6.07, 6.45) is 3.85. The first kappa shape index (κ1) is 17.3. The lowest BCUT2D eigenvalue weighted by atomic mass is 10.1. The minimum Gasteiger partial charge on any atom is -0.332 e. The fraction of sp³-hybridized carbons (Fsp3) is 0.300. The van der Waals surface area contributed by atoms with Gasteiger partial charge in [0.25, 0.3) is 0 Å². The number of halogens is 1. The second-order valence-corrected chi connectivity index (χ2v) is 6.66. The largest absolute Gasteiger partial charge is 0.332 e. The van der Waals surface area contributed by atoms with Crippen molar-refractivity contribution >= 4 is 17.3 Å². The molecule has 1 aromatic carbocycles. The maximum atomic E-state index is 13.0. The predicted molar refractivity (Wildman–Crippen MR) is 96.6 cm³/mol. The Balaban J connectivity index is 1.45. The van der Waals surface area contributed by atoms with Gasteiger partial charge in [-0.2, -0.15) is 0 Å². The van der Waals surface area contributed by atoms with Crippen molar-refractivity contribution in [1.82, 2.24) is 19.5 Å². The second-order valence-electron chi connectivity index (χ2n) is 6.66. The maximum absolute atomic E-state index is 13.0. The molecule has 1 saturated heterocycles. The van der Waals surface area contributed by atoms with Gasteiger partial charge in [-0.25, -0.2) is 4.39 Å². The predicted octanol–water partition coefficient (Wildman–Crippen LogP) is 3.20. The molecule has 0 aliphatic carbocycles. The number of fused-ring (bicyclic) bond motifs is 1. The number of carbonyl (C=O) groups is 2. The van der Waals surface area contributed by atoms with Gasteiger partial charge >= 0.3 is 0 Å². The summed E-state index contributed by atoms with van der Waals surface area (Å²) in [5.74, 6) is 0.136. The standard InChI is InChI=1S/C20H19FN4O2/c21-15-8-6-14(7-9-15)17(26)10-11-19(27)24-13-3-4-16(24)20-23-22-18-5-1-2-12-25(18)20/h1-2,5-9,12,16H,3-4,10-11,13H2/t16-/m1/s1. The molecule has 1 atom stereocenters. The lowest BCUT2D eigenvalue weighted by Crippen LogP contribution is -2.31. The molecular formula is C20H19FN4O2. The highest BCUT2D eigenvalue weighted by Crippen LogP contribution is 2.31. The zero-order valence-electron chi connectivity index (χ0n) is 14.7. The van der Waals surface area contributed by atoms with Gasteiger partial charge in [-0.1, -0.05) is 6.07 Å². The number of hydrogen-bond donors (Lipinski definition) is 0. The maximum Gasteiger partial charge on any atom is 0.223 e. The smallest absolute Gasteiger partial charge is 0.223 e. The van der Waals surface area contributed by atoms with Crippen LogP contribution in [0.2, 0.25) is 0 Å². The molecule has 0 radical (unpaired) electrons. The minimum absolute atomic E-state index is 0.0688. The van der Waals surface area contributed by atoms with E-state index in [4.69, 9.17) is 0 Å². The molecule has 1 aliphatic heterocycles. The lowest BCUT2D eigenvalue weighted by Gasteiger charge is -2.23. The van der Waals surface area contributed by atoms with E-state index in [1.807, 2.05) is 28.8 Å². The number of likely N-dealkylation sites (tertiary alicyclic amines) is 1. The highest BCUT2D eigenvalue weighted by atomic mass is 19.1. The van der Waals surface area contributed by atoms with Gasteiger partial charge in [0.2, 0.25) is 5.91 Å². The molecular weight excluding hydrogens is 347 g/mol. The molecule has 1 amide bonds. The number of carbonyl (C=O) groups excluding carboxylic acids is 2. The number of Topliss-reactive ketones (excluding diaryl/α,β-unsaturated/α-hetero) is 1. The van der Waals surface area contributed by atoms with Crippen LogP contribution in [0.4, 0.5) is 4.39 Å². The molecule has 0 saturated carbocycles. The number of amides is 1. The van der Waals surface area contributed by atoms with E-state index in [9.17, 15) is 14.0 Å². The van der Waals surface area contributed by atoms with Crippen LogP contribution >= 0.6 is 0 Å². The molecule has 4 rings (SSSR count).